The molecule has 0 heterocycles. The molecule has 8 nitrogen and oxygen atoms in total. The van der Waals surface area contributed by atoms with Crippen LogP contribution in [0.1, 0.15) is 26.7 Å². The standard InChI is InChI=1S/C32H37ClO8/c1-5-22(3)31(34)40-19-15-36-13-17-38-29-25-9-7-8-10-26(25)30(28-21-24(33)11-12-27(28)29)39-18-14-37-16-20-41-32(35)23(4)6-2/h7-12,21H,3-6,13-20H2,1-2H3. The Labute approximate surface area is 245 Å². The lowest BCUT2D eigenvalue weighted by Crippen LogP contribution is -2.15. The van der Waals surface area contributed by atoms with E-state index in [-0.39, 0.29) is 33.0 Å². The average molecular weight is 585 g/mol. The molecule has 0 N–H and O–H groups in total. The molecule has 0 aliphatic rings. The summed E-state index contributed by atoms with van der Waals surface area (Å²) in [4.78, 5) is 23.4. The summed E-state index contributed by atoms with van der Waals surface area (Å²) in [5.41, 5.74) is 0.867. The first-order valence-electron chi connectivity index (χ1n) is 13.6. The van der Waals surface area contributed by atoms with Crippen molar-refractivity contribution in [3.05, 3.63) is 71.8 Å². The molecule has 0 unspecified atom stereocenters. The molecule has 0 atom stereocenters. The van der Waals surface area contributed by atoms with Crippen LogP contribution in [0.3, 0.4) is 0 Å². The number of rotatable bonds is 18. The Balaban J connectivity index is 1.61. The molecule has 3 aromatic carbocycles. The molecule has 3 aromatic rings. The van der Waals surface area contributed by atoms with Gasteiger partial charge in [-0.1, -0.05) is 62.9 Å². The van der Waals surface area contributed by atoms with Crippen LogP contribution >= 0.6 is 11.6 Å². The summed E-state index contributed by atoms with van der Waals surface area (Å²) in [6.45, 7) is 13.0. The van der Waals surface area contributed by atoms with E-state index in [2.05, 4.69) is 13.2 Å². The van der Waals surface area contributed by atoms with E-state index in [9.17, 15) is 9.59 Å². The van der Waals surface area contributed by atoms with Gasteiger partial charge in [-0.15, -0.1) is 0 Å². The smallest absolute Gasteiger partial charge is 0.333 e. The number of esters is 2. The van der Waals surface area contributed by atoms with Gasteiger partial charge < -0.3 is 28.4 Å². The molecular weight excluding hydrogens is 548 g/mol. The van der Waals surface area contributed by atoms with Crippen LogP contribution in [0.2, 0.25) is 5.02 Å². The third kappa shape index (κ3) is 9.21. The second-order valence-corrected chi connectivity index (χ2v) is 9.44. The summed E-state index contributed by atoms with van der Waals surface area (Å²) in [5.74, 6) is 0.556. The molecule has 0 saturated carbocycles. The van der Waals surface area contributed by atoms with Crippen molar-refractivity contribution in [1.82, 2.24) is 0 Å². The Hall–Kier alpha value is -3.59. The molecule has 0 aliphatic heterocycles. The Morgan fingerprint density at radius 3 is 1.56 bits per heavy atom. The molecule has 0 fully saturated rings. The fourth-order valence-electron chi connectivity index (χ4n) is 3.87. The molecule has 0 amide bonds. The molecule has 0 aliphatic carbocycles. The van der Waals surface area contributed by atoms with Crippen LogP contribution in [0.5, 0.6) is 11.5 Å². The highest BCUT2D eigenvalue weighted by Gasteiger charge is 2.17. The Kier molecular flexibility index (Phi) is 12.9. The molecule has 220 valence electrons. The third-order valence-corrected chi connectivity index (χ3v) is 6.42. The molecule has 3 rings (SSSR count). The Morgan fingerprint density at radius 1 is 0.634 bits per heavy atom. The van der Waals surface area contributed by atoms with E-state index in [1.807, 2.05) is 56.3 Å². The van der Waals surface area contributed by atoms with Gasteiger partial charge in [-0.05, 0) is 31.0 Å². The third-order valence-electron chi connectivity index (χ3n) is 6.19. The van der Waals surface area contributed by atoms with E-state index < -0.39 is 11.9 Å². The van der Waals surface area contributed by atoms with E-state index in [1.165, 1.54) is 0 Å². The maximum Gasteiger partial charge on any atom is 0.333 e. The highest BCUT2D eigenvalue weighted by Crippen LogP contribution is 2.43. The van der Waals surface area contributed by atoms with Crippen molar-refractivity contribution in [3.63, 3.8) is 0 Å². The first kappa shape index (κ1) is 31.9. The van der Waals surface area contributed by atoms with Crippen molar-refractivity contribution in [2.75, 3.05) is 52.9 Å². The molecule has 0 aromatic heterocycles. The van der Waals surface area contributed by atoms with Gasteiger partial charge in [0.1, 0.15) is 37.9 Å². The zero-order chi connectivity index (χ0) is 29.6. The summed E-state index contributed by atoms with van der Waals surface area (Å²) in [6, 6.07) is 13.4. The van der Waals surface area contributed by atoms with Crippen molar-refractivity contribution in [2.24, 2.45) is 0 Å². The summed E-state index contributed by atoms with van der Waals surface area (Å²) < 4.78 is 33.8. The highest BCUT2D eigenvalue weighted by atomic mass is 35.5. The summed E-state index contributed by atoms with van der Waals surface area (Å²) >= 11 is 6.37. The lowest BCUT2D eigenvalue weighted by molar-refractivity contribution is -0.141. The number of benzene rings is 3. The number of carbonyl (C=O) groups is 2. The van der Waals surface area contributed by atoms with Crippen molar-refractivity contribution < 1.29 is 38.0 Å². The first-order valence-corrected chi connectivity index (χ1v) is 14.0. The molecular formula is C32H37ClO8. The largest absolute Gasteiger partial charge is 0.490 e. The predicted molar refractivity (Wildman–Crippen MR) is 160 cm³/mol. The van der Waals surface area contributed by atoms with Crippen LogP contribution in [-0.4, -0.2) is 64.8 Å². The monoisotopic (exact) mass is 584 g/mol. The number of halogens is 1. The lowest BCUT2D eigenvalue weighted by atomic mass is 10.0. The molecule has 9 heteroatoms. The number of hydrogen-bond acceptors (Lipinski definition) is 8. The zero-order valence-electron chi connectivity index (χ0n) is 23.7. The Morgan fingerprint density at radius 2 is 1.07 bits per heavy atom. The second kappa shape index (κ2) is 16.6. The predicted octanol–water partition coefficient (Wildman–Crippen LogP) is 6.46. The minimum absolute atomic E-state index is 0.148. The van der Waals surface area contributed by atoms with E-state index >= 15 is 0 Å². The van der Waals surface area contributed by atoms with E-state index in [0.717, 1.165) is 21.5 Å². The van der Waals surface area contributed by atoms with Gasteiger partial charge in [0.2, 0.25) is 0 Å². The molecule has 0 spiro atoms. The topological polar surface area (TPSA) is 89.5 Å². The quantitative estimate of drug-likeness (QED) is 0.0729. The number of carbonyl (C=O) groups excluding carboxylic acids is 2. The van der Waals surface area contributed by atoms with E-state index in [4.69, 9.17) is 40.0 Å². The van der Waals surface area contributed by atoms with Gasteiger partial charge in [0, 0.05) is 37.7 Å². The normalized spacial score (nSPS) is 10.9. The SMILES string of the molecule is C=C(CC)C(=O)OCCOCCOc1c2ccccc2c(OCCOCCOC(=O)C(=C)CC)c2cc(Cl)ccc12. The van der Waals surface area contributed by atoms with Crippen LogP contribution < -0.4 is 9.47 Å². The van der Waals surface area contributed by atoms with Gasteiger partial charge in [0.05, 0.1) is 26.4 Å². The van der Waals surface area contributed by atoms with Gasteiger partial charge in [0.15, 0.2) is 0 Å². The number of fused-ring (bicyclic) bond motifs is 2. The number of ether oxygens (including phenoxy) is 6. The molecule has 0 saturated heterocycles. The zero-order valence-corrected chi connectivity index (χ0v) is 24.4. The van der Waals surface area contributed by atoms with Gasteiger partial charge in [-0.2, -0.15) is 0 Å². The molecule has 0 bridgehead atoms. The fourth-order valence-corrected chi connectivity index (χ4v) is 4.04. The lowest BCUT2D eigenvalue weighted by Gasteiger charge is -2.18. The van der Waals surface area contributed by atoms with Gasteiger partial charge in [-0.3, -0.25) is 0 Å². The van der Waals surface area contributed by atoms with Crippen molar-refractivity contribution in [3.8, 4) is 11.5 Å². The van der Waals surface area contributed by atoms with Crippen LogP contribution in [-0.2, 0) is 28.5 Å². The minimum atomic E-state index is -0.407. The van der Waals surface area contributed by atoms with Crippen molar-refractivity contribution in [1.29, 1.82) is 0 Å². The van der Waals surface area contributed by atoms with Gasteiger partial charge in [0.25, 0.3) is 0 Å². The van der Waals surface area contributed by atoms with Crippen LogP contribution in [0.4, 0.5) is 0 Å². The summed E-state index contributed by atoms with van der Waals surface area (Å²) in [5, 5.41) is 3.97. The second-order valence-electron chi connectivity index (χ2n) is 9.00. The average Bonchev–Trinajstić information content (AvgIpc) is 2.99. The molecule has 0 radical (unpaired) electrons. The maximum absolute atomic E-state index is 11.7. The van der Waals surface area contributed by atoms with Crippen molar-refractivity contribution >= 4 is 45.1 Å². The fraction of sp³-hybridized carbons (Fsp3) is 0.375. The number of hydrogen-bond donors (Lipinski definition) is 0. The van der Waals surface area contributed by atoms with Crippen molar-refractivity contribution in [2.45, 2.75) is 26.7 Å². The highest BCUT2D eigenvalue weighted by molar-refractivity contribution is 6.31. The minimum Gasteiger partial charge on any atom is -0.490 e. The van der Waals surface area contributed by atoms with Crippen LogP contribution in [0.15, 0.2) is 66.8 Å². The Bertz CT molecular complexity index is 1370. The van der Waals surface area contributed by atoms with E-state index in [1.54, 1.807) is 0 Å². The molecule has 41 heavy (non-hydrogen) atoms. The van der Waals surface area contributed by atoms with Gasteiger partial charge in [-0.25, -0.2) is 9.59 Å². The van der Waals surface area contributed by atoms with Crippen LogP contribution in [0, 0.1) is 0 Å². The summed E-state index contributed by atoms with van der Waals surface area (Å²) in [7, 11) is 0. The van der Waals surface area contributed by atoms with Crippen LogP contribution in [0.25, 0.3) is 21.5 Å². The maximum atomic E-state index is 11.7. The van der Waals surface area contributed by atoms with E-state index in [0.29, 0.717) is 60.3 Å². The summed E-state index contributed by atoms with van der Waals surface area (Å²) in [6.07, 6.45) is 1.10. The first-order chi connectivity index (χ1) is 19.9. The van der Waals surface area contributed by atoms with Gasteiger partial charge >= 0.3 is 11.9 Å².